The highest BCUT2D eigenvalue weighted by Gasteiger charge is 2.30. The van der Waals surface area contributed by atoms with Crippen molar-refractivity contribution in [3.63, 3.8) is 0 Å². The van der Waals surface area contributed by atoms with Gasteiger partial charge in [-0.25, -0.2) is 0 Å². The molecule has 0 spiro atoms. The first-order chi connectivity index (χ1) is 9.77. The van der Waals surface area contributed by atoms with E-state index in [1.165, 1.54) is 6.07 Å². The molecule has 0 unspecified atom stereocenters. The highest BCUT2D eigenvalue weighted by atomic mass is 79.9. The Labute approximate surface area is 138 Å². The molecule has 0 aliphatic heterocycles. The molecule has 2 aromatic rings. The summed E-state index contributed by atoms with van der Waals surface area (Å²) in [6.45, 7) is 0.186. The fraction of sp³-hybridized carbons (Fsp3) is 0.143. The second-order valence-corrected chi connectivity index (χ2v) is 6.03. The Morgan fingerprint density at radius 1 is 1.05 bits per heavy atom. The summed E-state index contributed by atoms with van der Waals surface area (Å²) in [6, 6.07) is 8.40. The number of rotatable bonds is 3. The monoisotopic (exact) mass is 397 g/mol. The Morgan fingerprint density at radius 3 is 2.24 bits per heavy atom. The van der Waals surface area contributed by atoms with Gasteiger partial charge in [0.05, 0.1) is 21.3 Å². The lowest BCUT2D eigenvalue weighted by molar-refractivity contribution is -0.137. The lowest BCUT2D eigenvalue weighted by Gasteiger charge is -2.12. The normalized spacial score (nSPS) is 11.5. The van der Waals surface area contributed by atoms with Crippen LogP contribution in [0.2, 0.25) is 10.0 Å². The van der Waals surface area contributed by atoms with Crippen molar-refractivity contribution >= 4 is 44.8 Å². The van der Waals surface area contributed by atoms with Crippen molar-refractivity contribution in [1.82, 2.24) is 0 Å². The van der Waals surface area contributed by atoms with E-state index in [1.807, 2.05) is 0 Å². The second-order valence-electron chi connectivity index (χ2n) is 4.30. The smallest absolute Gasteiger partial charge is 0.379 e. The van der Waals surface area contributed by atoms with Gasteiger partial charge in [0.15, 0.2) is 0 Å². The number of anilines is 1. The highest BCUT2D eigenvalue weighted by Crippen LogP contribution is 2.34. The maximum Gasteiger partial charge on any atom is 0.416 e. The zero-order valence-corrected chi connectivity index (χ0v) is 13.5. The number of alkyl halides is 3. The molecule has 2 aromatic carbocycles. The SMILES string of the molecule is FC(F)(F)c1cccc(CNc2c(Cl)cc(Br)cc2Cl)c1. The predicted octanol–water partition coefficient (Wildman–Crippen LogP) is 6.39. The molecule has 1 nitrogen and oxygen atoms in total. The Balaban J connectivity index is 2.18. The van der Waals surface area contributed by atoms with E-state index in [-0.39, 0.29) is 6.54 Å². The molecule has 1 N–H and O–H groups in total. The van der Waals surface area contributed by atoms with Crippen LogP contribution in [0.3, 0.4) is 0 Å². The van der Waals surface area contributed by atoms with Crippen molar-refractivity contribution in [1.29, 1.82) is 0 Å². The molecule has 0 fully saturated rings. The third-order valence-electron chi connectivity index (χ3n) is 2.73. The largest absolute Gasteiger partial charge is 0.416 e. The fourth-order valence-corrected chi connectivity index (χ4v) is 3.10. The molecular weight excluding hydrogens is 390 g/mol. The Bertz CT molecular complexity index is 636. The van der Waals surface area contributed by atoms with Crippen molar-refractivity contribution < 1.29 is 13.2 Å². The average molecular weight is 399 g/mol. The molecule has 2 rings (SSSR count). The molecule has 0 aromatic heterocycles. The van der Waals surface area contributed by atoms with Gasteiger partial charge in [0, 0.05) is 11.0 Å². The van der Waals surface area contributed by atoms with E-state index >= 15 is 0 Å². The zero-order chi connectivity index (χ0) is 15.6. The average Bonchev–Trinajstić information content (AvgIpc) is 2.36. The third kappa shape index (κ3) is 4.28. The second kappa shape index (κ2) is 6.46. The third-order valence-corrected chi connectivity index (χ3v) is 3.78. The maximum absolute atomic E-state index is 12.6. The molecule has 0 aliphatic carbocycles. The van der Waals surface area contributed by atoms with E-state index in [2.05, 4.69) is 21.2 Å². The molecule has 0 amide bonds. The maximum atomic E-state index is 12.6. The quantitative estimate of drug-likeness (QED) is 0.631. The van der Waals surface area contributed by atoms with Crippen molar-refractivity contribution in [2.45, 2.75) is 12.7 Å². The molecule has 0 bridgehead atoms. The van der Waals surface area contributed by atoms with Crippen molar-refractivity contribution in [2.75, 3.05) is 5.32 Å². The molecule has 7 heteroatoms. The van der Waals surface area contributed by atoms with Gasteiger partial charge in [-0.15, -0.1) is 0 Å². The molecule has 0 radical (unpaired) electrons. The van der Waals surface area contributed by atoms with Crippen molar-refractivity contribution in [3.05, 3.63) is 62.0 Å². The van der Waals surface area contributed by atoms with Crippen LogP contribution in [0.15, 0.2) is 40.9 Å². The lowest BCUT2D eigenvalue weighted by atomic mass is 10.1. The van der Waals surface area contributed by atoms with Crippen molar-refractivity contribution in [3.8, 4) is 0 Å². The number of nitrogens with one attached hydrogen (secondary N) is 1. The lowest BCUT2D eigenvalue weighted by Crippen LogP contribution is -2.07. The zero-order valence-electron chi connectivity index (χ0n) is 10.4. The van der Waals surface area contributed by atoms with Crippen LogP contribution in [0.5, 0.6) is 0 Å². The van der Waals surface area contributed by atoms with Crippen LogP contribution >= 0.6 is 39.1 Å². The number of halogens is 6. The van der Waals surface area contributed by atoms with E-state index < -0.39 is 11.7 Å². The summed E-state index contributed by atoms with van der Waals surface area (Å²) in [7, 11) is 0. The summed E-state index contributed by atoms with van der Waals surface area (Å²) in [5.41, 5.74) is 0.286. The van der Waals surface area contributed by atoms with Crippen LogP contribution in [0.1, 0.15) is 11.1 Å². The van der Waals surface area contributed by atoms with Crippen LogP contribution in [0.25, 0.3) is 0 Å². The molecule has 112 valence electrons. The van der Waals surface area contributed by atoms with Gasteiger partial charge in [0.2, 0.25) is 0 Å². The van der Waals surface area contributed by atoms with E-state index in [0.717, 1.165) is 16.6 Å². The van der Waals surface area contributed by atoms with Gasteiger partial charge in [-0.05, 0) is 29.8 Å². The predicted molar refractivity (Wildman–Crippen MR) is 82.9 cm³/mol. The molecule has 21 heavy (non-hydrogen) atoms. The summed E-state index contributed by atoms with van der Waals surface area (Å²) in [5, 5.41) is 3.73. The fourth-order valence-electron chi connectivity index (χ4n) is 1.76. The van der Waals surface area contributed by atoms with Gasteiger partial charge in [-0.2, -0.15) is 13.2 Å². The van der Waals surface area contributed by atoms with Crippen LogP contribution in [-0.4, -0.2) is 0 Å². The van der Waals surface area contributed by atoms with Crippen LogP contribution in [-0.2, 0) is 12.7 Å². The Kier molecular flexibility index (Phi) is 5.07. The van der Waals surface area contributed by atoms with Crippen LogP contribution in [0.4, 0.5) is 18.9 Å². The number of hydrogen-bond donors (Lipinski definition) is 1. The first kappa shape index (κ1) is 16.5. The number of benzene rings is 2. The van der Waals surface area contributed by atoms with Gasteiger partial charge < -0.3 is 5.32 Å². The van der Waals surface area contributed by atoms with E-state index in [1.54, 1.807) is 18.2 Å². The molecule has 0 saturated heterocycles. The van der Waals surface area contributed by atoms with Crippen molar-refractivity contribution in [2.24, 2.45) is 0 Å². The minimum Gasteiger partial charge on any atom is -0.379 e. The first-order valence-corrected chi connectivity index (χ1v) is 7.37. The first-order valence-electron chi connectivity index (χ1n) is 5.82. The minimum absolute atomic E-state index is 0.186. The highest BCUT2D eigenvalue weighted by molar-refractivity contribution is 9.10. The molecule has 0 saturated carbocycles. The summed E-state index contributed by atoms with van der Waals surface area (Å²) >= 11 is 15.3. The van der Waals surface area contributed by atoms with Gasteiger partial charge in [0.1, 0.15) is 0 Å². The van der Waals surface area contributed by atoms with Gasteiger partial charge in [-0.3, -0.25) is 0 Å². The van der Waals surface area contributed by atoms with E-state index in [0.29, 0.717) is 21.3 Å². The van der Waals surface area contributed by atoms with E-state index in [9.17, 15) is 13.2 Å². The topological polar surface area (TPSA) is 12.0 Å². The minimum atomic E-state index is -4.36. The summed E-state index contributed by atoms with van der Waals surface area (Å²) < 4.78 is 38.6. The molecule has 0 aliphatic rings. The standard InChI is InChI=1S/C14H9BrCl2F3N/c15-10-5-11(16)13(12(17)6-10)21-7-8-2-1-3-9(4-8)14(18,19)20/h1-6,21H,7H2. The van der Waals surface area contributed by atoms with Gasteiger partial charge in [0.25, 0.3) is 0 Å². The Morgan fingerprint density at radius 2 is 1.67 bits per heavy atom. The van der Waals surface area contributed by atoms with Gasteiger partial charge >= 0.3 is 6.18 Å². The summed E-state index contributed by atoms with van der Waals surface area (Å²) in [5.74, 6) is 0. The number of hydrogen-bond acceptors (Lipinski definition) is 1. The molecule has 0 heterocycles. The summed E-state index contributed by atoms with van der Waals surface area (Å²) in [4.78, 5) is 0. The molecular formula is C14H9BrCl2F3N. The molecule has 0 atom stereocenters. The van der Waals surface area contributed by atoms with E-state index in [4.69, 9.17) is 23.2 Å². The summed E-state index contributed by atoms with van der Waals surface area (Å²) in [6.07, 6.45) is -4.36. The van der Waals surface area contributed by atoms with Gasteiger partial charge in [-0.1, -0.05) is 51.3 Å². The Hall–Kier alpha value is -0.910. The van der Waals surface area contributed by atoms with Crippen LogP contribution in [0, 0.1) is 0 Å². The van der Waals surface area contributed by atoms with Crippen LogP contribution < -0.4 is 5.32 Å².